The Bertz CT molecular complexity index is 953. The van der Waals surface area contributed by atoms with Gasteiger partial charge in [-0.2, -0.15) is 0 Å². The zero-order chi connectivity index (χ0) is 22.5. The lowest BCUT2D eigenvalue weighted by Crippen LogP contribution is -2.39. The lowest BCUT2D eigenvalue weighted by atomic mass is 10.1. The van der Waals surface area contributed by atoms with E-state index in [2.05, 4.69) is 0 Å². The van der Waals surface area contributed by atoms with Crippen LogP contribution in [0.3, 0.4) is 0 Å². The fourth-order valence-electron chi connectivity index (χ4n) is 4.40. The number of amides is 2. The molecule has 1 atom stereocenters. The van der Waals surface area contributed by atoms with Crippen LogP contribution in [0.5, 0.6) is 17.2 Å². The average Bonchev–Trinajstić information content (AvgIpc) is 3.54. The average molecular weight is 439 g/mol. The Hall–Kier alpha value is -3.22. The molecule has 0 bridgehead atoms. The van der Waals surface area contributed by atoms with Gasteiger partial charge in [-0.05, 0) is 62.1 Å². The Balaban J connectivity index is 1.38. The fourth-order valence-corrected chi connectivity index (χ4v) is 4.40. The lowest BCUT2D eigenvalue weighted by molar-refractivity contribution is 0.0687. The highest BCUT2D eigenvalue weighted by atomic mass is 16.5. The van der Waals surface area contributed by atoms with Gasteiger partial charge in [-0.1, -0.05) is 0 Å². The predicted octanol–water partition coefficient (Wildman–Crippen LogP) is 3.62. The number of ether oxygens (including phenoxy) is 3. The summed E-state index contributed by atoms with van der Waals surface area (Å²) in [5.74, 6) is 1.85. The second-order valence-electron chi connectivity index (χ2n) is 8.20. The summed E-state index contributed by atoms with van der Waals surface area (Å²) < 4.78 is 16.6. The molecule has 1 unspecified atom stereocenters. The molecule has 2 aliphatic rings. The summed E-state index contributed by atoms with van der Waals surface area (Å²) in [5, 5.41) is 0. The van der Waals surface area contributed by atoms with Gasteiger partial charge in [0.2, 0.25) is 0 Å². The molecule has 7 nitrogen and oxygen atoms in total. The van der Waals surface area contributed by atoms with Crippen molar-refractivity contribution in [1.29, 1.82) is 0 Å². The van der Waals surface area contributed by atoms with E-state index in [0.29, 0.717) is 41.5 Å². The van der Waals surface area contributed by atoms with Gasteiger partial charge in [-0.15, -0.1) is 0 Å². The third-order valence-electron chi connectivity index (χ3n) is 6.21. The normalized spacial score (nSPS) is 18.0. The molecule has 2 heterocycles. The molecule has 4 rings (SSSR count). The number of methoxy groups -OCH3 is 2. The molecule has 7 heteroatoms. The van der Waals surface area contributed by atoms with Crippen molar-refractivity contribution in [3.05, 3.63) is 53.6 Å². The fraction of sp³-hybridized carbons (Fsp3) is 0.440. The lowest BCUT2D eigenvalue weighted by Gasteiger charge is -2.25. The summed E-state index contributed by atoms with van der Waals surface area (Å²) >= 11 is 0. The van der Waals surface area contributed by atoms with Crippen LogP contribution in [0.2, 0.25) is 0 Å². The Kier molecular flexibility index (Phi) is 6.83. The van der Waals surface area contributed by atoms with E-state index in [0.717, 1.165) is 38.8 Å². The summed E-state index contributed by atoms with van der Waals surface area (Å²) in [6, 6.07) is 12.5. The number of nitrogens with zero attached hydrogens (tertiary/aromatic N) is 2. The predicted molar refractivity (Wildman–Crippen MR) is 121 cm³/mol. The van der Waals surface area contributed by atoms with E-state index in [-0.39, 0.29) is 17.9 Å². The SMILES string of the molecule is COc1ccc(C(=O)N2CCCC2COc2ccc(C(=O)N3CCCC3)cc2)c(OC)c1. The van der Waals surface area contributed by atoms with Gasteiger partial charge < -0.3 is 24.0 Å². The topological polar surface area (TPSA) is 68.3 Å². The summed E-state index contributed by atoms with van der Waals surface area (Å²) in [5.41, 5.74) is 1.20. The first-order valence-electron chi connectivity index (χ1n) is 11.2. The molecule has 2 amide bonds. The Morgan fingerprint density at radius 3 is 2.28 bits per heavy atom. The maximum absolute atomic E-state index is 13.2. The first kappa shape index (κ1) is 22.0. The second kappa shape index (κ2) is 9.94. The summed E-state index contributed by atoms with van der Waals surface area (Å²) in [6.07, 6.45) is 3.97. The van der Waals surface area contributed by atoms with Gasteiger partial charge in [0.15, 0.2) is 0 Å². The van der Waals surface area contributed by atoms with Crippen LogP contribution in [-0.2, 0) is 0 Å². The van der Waals surface area contributed by atoms with Crippen LogP contribution < -0.4 is 14.2 Å². The molecule has 0 saturated carbocycles. The highest BCUT2D eigenvalue weighted by molar-refractivity contribution is 5.97. The van der Waals surface area contributed by atoms with Gasteiger partial charge in [0.1, 0.15) is 23.9 Å². The third-order valence-corrected chi connectivity index (χ3v) is 6.21. The van der Waals surface area contributed by atoms with E-state index in [1.165, 1.54) is 0 Å². The van der Waals surface area contributed by atoms with Crippen LogP contribution in [0, 0.1) is 0 Å². The van der Waals surface area contributed by atoms with E-state index in [1.54, 1.807) is 32.4 Å². The zero-order valence-corrected chi connectivity index (χ0v) is 18.7. The quantitative estimate of drug-likeness (QED) is 0.661. The maximum Gasteiger partial charge on any atom is 0.257 e. The summed E-state index contributed by atoms with van der Waals surface area (Å²) in [6.45, 7) is 2.76. The first-order valence-corrected chi connectivity index (χ1v) is 11.2. The van der Waals surface area contributed by atoms with Crippen LogP contribution in [0.25, 0.3) is 0 Å². The molecule has 2 fully saturated rings. The largest absolute Gasteiger partial charge is 0.497 e. The Morgan fingerprint density at radius 2 is 1.59 bits per heavy atom. The minimum atomic E-state index is -0.0674. The van der Waals surface area contributed by atoms with Crippen molar-refractivity contribution in [2.75, 3.05) is 40.5 Å². The summed E-state index contributed by atoms with van der Waals surface area (Å²) in [4.78, 5) is 29.4. The molecule has 0 aliphatic carbocycles. The molecular weight excluding hydrogens is 408 g/mol. The highest BCUT2D eigenvalue weighted by Crippen LogP contribution is 2.29. The molecule has 170 valence electrons. The van der Waals surface area contributed by atoms with Crippen LogP contribution in [0.1, 0.15) is 46.4 Å². The minimum absolute atomic E-state index is 0.0137. The van der Waals surface area contributed by atoms with Crippen LogP contribution >= 0.6 is 0 Å². The highest BCUT2D eigenvalue weighted by Gasteiger charge is 2.31. The number of rotatable bonds is 7. The molecule has 0 N–H and O–H groups in total. The number of hydrogen-bond donors (Lipinski definition) is 0. The number of likely N-dealkylation sites (tertiary alicyclic amines) is 2. The van der Waals surface area contributed by atoms with Crippen molar-refractivity contribution in [2.24, 2.45) is 0 Å². The third kappa shape index (κ3) is 4.66. The molecule has 0 spiro atoms. The van der Waals surface area contributed by atoms with Crippen molar-refractivity contribution in [3.8, 4) is 17.2 Å². The standard InChI is InChI=1S/C25H30N2O5/c1-30-21-11-12-22(23(16-21)31-2)25(29)27-15-5-6-19(27)17-32-20-9-7-18(8-10-20)24(28)26-13-3-4-14-26/h7-12,16,19H,3-6,13-15,17H2,1-2H3. The van der Waals surface area contributed by atoms with Crippen molar-refractivity contribution >= 4 is 11.8 Å². The van der Waals surface area contributed by atoms with E-state index in [1.807, 2.05) is 34.1 Å². The number of benzene rings is 2. The molecule has 32 heavy (non-hydrogen) atoms. The van der Waals surface area contributed by atoms with Crippen LogP contribution in [0.15, 0.2) is 42.5 Å². The zero-order valence-electron chi connectivity index (χ0n) is 18.7. The maximum atomic E-state index is 13.2. The minimum Gasteiger partial charge on any atom is -0.497 e. The molecular formula is C25H30N2O5. The van der Waals surface area contributed by atoms with Gasteiger partial charge in [0.05, 0.1) is 25.8 Å². The Labute approximate surface area is 188 Å². The molecule has 2 saturated heterocycles. The van der Waals surface area contributed by atoms with Gasteiger partial charge in [0.25, 0.3) is 11.8 Å². The van der Waals surface area contributed by atoms with Gasteiger partial charge in [0, 0.05) is 31.3 Å². The first-order chi connectivity index (χ1) is 15.6. The van der Waals surface area contributed by atoms with Crippen LogP contribution in [0.4, 0.5) is 0 Å². The second-order valence-corrected chi connectivity index (χ2v) is 8.20. The van der Waals surface area contributed by atoms with Crippen molar-refractivity contribution in [2.45, 2.75) is 31.7 Å². The van der Waals surface area contributed by atoms with Crippen molar-refractivity contribution in [3.63, 3.8) is 0 Å². The number of carbonyl (C=O) groups is 2. The van der Waals surface area contributed by atoms with E-state index < -0.39 is 0 Å². The molecule has 2 aromatic rings. The van der Waals surface area contributed by atoms with E-state index in [9.17, 15) is 9.59 Å². The van der Waals surface area contributed by atoms with Gasteiger partial charge in [-0.25, -0.2) is 0 Å². The number of hydrogen-bond acceptors (Lipinski definition) is 5. The molecule has 2 aromatic carbocycles. The van der Waals surface area contributed by atoms with Crippen molar-refractivity contribution < 1.29 is 23.8 Å². The monoisotopic (exact) mass is 438 g/mol. The molecule has 0 aromatic heterocycles. The van der Waals surface area contributed by atoms with Gasteiger partial charge >= 0.3 is 0 Å². The molecule has 2 aliphatic heterocycles. The van der Waals surface area contributed by atoms with Crippen LogP contribution in [-0.4, -0.2) is 68.1 Å². The van der Waals surface area contributed by atoms with Crippen molar-refractivity contribution in [1.82, 2.24) is 9.80 Å². The van der Waals surface area contributed by atoms with E-state index in [4.69, 9.17) is 14.2 Å². The Morgan fingerprint density at radius 1 is 0.875 bits per heavy atom. The van der Waals surface area contributed by atoms with Gasteiger partial charge in [-0.3, -0.25) is 9.59 Å². The molecule has 0 radical (unpaired) electrons. The summed E-state index contributed by atoms with van der Waals surface area (Å²) in [7, 11) is 3.13. The smallest absolute Gasteiger partial charge is 0.257 e. The van der Waals surface area contributed by atoms with E-state index >= 15 is 0 Å². The number of carbonyl (C=O) groups excluding carboxylic acids is 2.